The first-order chi connectivity index (χ1) is 16.1. The second kappa shape index (κ2) is 8.16. The summed E-state index contributed by atoms with van der Waals surface area (Å²) >= 11 is 1.34. The molecule has 1 amide bonds. The Morgan fingerprint density at radius 1 is 1.21 bits per heavy atom. The molecule has 3 aliphatic rings. The molecule has 0 saturated carbocycles. The zero-order chi connectivity index (χ0) is 22.5. The molecule has 3 aliphatic heterocycles. The number of morpholine rings is 1. The largest absolute Gasteiger partial charge is 0.491 e. The van der Waals surface area contributed by atoms with Crippen molar-refractivity contribution in [2.75, 3.05) is 43.5 Å². The van der Waals surface area contributed by atoms with Gasteiger partial charge < -0.3 is 30.7 Å². The molecule has 3 atom stereocenters. The molecule has 4 N–H and O–H groups in total. The summed E-state index contributed by atoms with van der Waals surface area (Å²) in [4.78, 5) is 21.3. The lowest BCUT2D eigenvalue weighted by atomic mass is 9.99. The van der Waals surface area contributed by atoms with Gasteiger partial charge in [0.15, 0.2) is 0 Å². The van der Waals surface area contributed by atoms with E-state index in [9.17, 15) is 4.79 Å². The lowest BCUT2D eigenvalue weighted by molar-refractivity contribution is 0.0527. The van der Waals surface area contributed by atoms with E-state index < -0.39 is 0 Å². The van der Waals surface area contributed by atoms with Crippen LogP contribution in [0, 0.1) is 6.92 Å². The highest BCUT2D eigenvalue weighted by atomic mass is 32.1. The Labute approximate surface area is 196 Å². The number of pyridine rings is 1. The number of nitrogens with two attached hydrogens (primary N) is 1. The molecule has 3 aromatic rings. The Morgan fingerprint density at radius 3 is 2.85 bits per heavy atom. The van der Waals surface area contributed by atoms with E-state index in [-0.39, 0.29) is 11.9 Å². The van der Waals surface area contributed by atoms with Gasteiger partial charge in [-0.3, -0.25) is 4.79 Å². The van der Waals surface area contributed by atoms with E-state index in [1.54, 1.807) is 0 Å². The maximum Gasteiger partial charge on any atom is 0.263 e. The van der Waals surface area contributed by atoms with E-state index in [4.69, 9.17) is 15.2 Å². The minimum Gasteiger partial charge on any atom is -0.491 e. The van der Waals surface area contributed by atoms with E-state index in [1.165, 1.54) is 17.0 Å². The molecule has 2 bridgehead atoms. The van der Waals surface area contributed by atoms with Gasteiger partial charge in [0.2, 0.25) is 0 Å². The molecular formula is C24H27N5O3S. The standard InChI is InChI=1S/C24H27N5O3S/c1-13-2-5-19-21(25)22(33-24(19)27-13)23(30)28-15-6-14-3-4-16(7-20(14)32-10-15)29-17-8-26-9-18(29)12-31-11-17/h2-5,7,15,17-18,26H,6,8-12,25H2,1H3,(H,28,30)/t15-,17?,18?/m1/s1. The van der Waals surface area contributed by atoms with E-state index in [2.05, 4.69) is 38.7 Å². The summed E-state index contributed by atoms with van der Waals surface area (Å²) in [5.41, 5.74) is 9.94. The van der Waals surface area contributed by atoms with Crippen LogP contribution >= 0.6 is 11.3 Å². The number of nitrogens with zero attached hydrogens (tertiary/aromatic N) is 2. The first-order valence-corrected chi connectivity index (χ1v) is 12.2. The molecule has 0 spiro atoms. The Balaban J connectivity index is 1.17. The highest BCUT2D eigenvalue weighted by Crippen LogP contribution is 2.35. The van der Waals surface area contributed by atoms with Crippen molar-refractivity contribution in [1.29, 1.82) is 0 Å². The molecule has 2 saturated heterocycles. The van der Waals surface area contributed by atoms with E-state index in [0.717, 1.165) is 59.9 Å². The first-order valence-electron chi connectivity index (χ1n) is 11.4. The van der Waals surface area contributed by atoms with Crippen LogP contribution < -0.4 is 26.0 Å². The van der Waals surface area contributed by atoms with Gasteiger partial charge in [-0.05, 0) is 37.1 Å². The number of piperazine rings is 1. The SMILES string of the molecule is Cc1ccc2c(N)c(C(=O)N[C@H]3COc4cc(N5C6CNCC5COC6)ccc4C3)sc2n1. The fourth-order valence-corrected chi connectivity index (χ4v) is 6.12. The van der Waals surface area contributed by atoms with Crippen molar-refractivity contribution in [3.8, 4) is 5.75 Å². The van der Waals surface area contributed by atoms with Gasteiger partial charge in [-0.25, -0.2) is 4.98 Å². The lowest BCUT2D eigenvalue weighted by Gasteiger charge is -2.47. The van der Waals surface area contributed by atoms with E-state index in [1.807, 2.05) is 19.1 Å². The number of carbonyl (C=O) groups is 1. The second-order valence-electron chi connectivity index (χ2n) is 9.04. The van der Waals surface area contributed by atoms with Crippen LogP contribution in [0.25, 0.3) is 10.2 Å². The average molecular weight is 466 g/mol. The van der Waals surface area contributed by atoms with Gasteiger partial charge in [0.25, 0.3) is 5.91 Å². The highest BCUT2D eigenvalue weighted by molar-refractivity contribution is 7.21. The number of hydrogen-bond donors (Lipinski definition) is 3. The minimum absolute atomic E-state index is 0.109. The van der Waals surface area contributed by atoms with Gasteiger partial charge in [-0.1, -0.05) is 6.07 Å². The first kappa shape index (κ1) is 20.7. The molecule has 5 heterocycles. The third kappa shape index (κ3) is 3.70. The van der Waals surface area contributed by atoms with Gasteiger partial charge in [0.05, 0.1) is 37.0 Å². The van der Waals surface area contributed by atoms with Crippen molar-refractivity contribution in [3.05, 3.63) is 46.5 Å². The highest BCUT2D eigenvalue weighted by Gasteiger charge is 2.35. The number of fused-ring (bicyclic) bond motifs is 4. The average Bonchev–Trinajstić information content (AvgIpc) is 3.13. The Bertz CT molecular complexity index is 1210. The molecule has 0 aliphatic carbocycles. The van der Waals surface area contributed by atoms with Crippen LogP contribution in [0.4, 0.5) is 11.4 Å². The number of benzene rings is 1. The molecule has 1 aromatic carbocycles. The lowest BCUT2D eigenvalue weighted by Crippen LogP contribution is -2.64. The topological polar surface area (TPSA) is 102 Å². The van der Waals surface area contributed by atoms with Gasteiger partial charge in [0.1, 0.15) is 22.1 Å². The van der Waals surface area contributed by atoms with E-state index in [0.29, 0.717) is 29.3 Å². The van der Waals surface area contributed by atoms with Crippen molar-refractivity contribution >= 4 is 38.8 Å². The molecule has 2 fully saturated rings. The van der Waals surface area contributed by atoms with Crippen LogP contribution in [0.2, 0.25) is 0 Å². The van der Waals surface area contributed by atoms with Gasteiger partial charge in [-0.15, -0.1) is 11.3 Å². The number of nitrogens with one attached hydrogen (secondary N) is 2. The number of rotatable bonds is 3. The normalized spacial score (nSPS) is 24.3. The minimum atomic E-state index is -0.171. The van der Waals surface area contributed by atoms with Crippen LogP contribution in [0.1, 0.15) is 20.9 Å². The predicted molar refractivity (Wildman–Crippen MR) is 129 cm³/mol. The third-order valence-electron chi connectivity index (χ3n) is 6.70. The molecule has 6 rings (SSSR count). The fourth-order valence-electron chi connectivity index (χ4n) is 5.08. The molecule has 172 valence electrons. The number of carbonyl (C=O) groups excluding carboxylic acids is 1. The quantitative estimate of drug-likeness (QED) is 0.544. The molecular weight excluding hydrogens is 438 g/mol. The fraction of sp³-hybridized carbons (Fsp3) is 0.417. The number of anilines is 2. The van der Waals surface area contributed by atoms with Gasteiger partial charge >= 0.3 is 0 Å². The molecule has 0 radical (unpaired) electrons. The van der Waals surface area contributed by atoms with Crippen molar-refractivity contribution in [3.63, 3.8) is 0 Å². The van der Waals surface area contributed by atoms with Crippen molar-refractivity contribution in [2.24, 2.45) is 0 Å². The summed E-state index contributed by atoms with van der Waals surface area (Å²) < 4.78 is 11.9. The Morgan fingerprint density at radius 2 is 2.03 bits per heavy atom. The monoisotopic (exact) mass is 465 g/mol. The maximum absolute atomic E-state index is 13.0. The summed E-state index contributed by atoms with van der Waals surface area (Å²) in [5, 5.41) is 7.43. The number of ether oxygens (including phenoxy) is 2. The summed E-state index contributed by atoms with van der Waals surface area (Å²) in [6.45, 7) is 5.70. The third-order valence-corrected chi connectivity index (χ3v) is 7.81. The number of aryl methyl sites for hydroxylation is 1. The van der Waals surface area contributed by atoms with Gasteiger partial charge in [-0.2, -0.15) is 0 Å². The number of hydrogen-bond acceptors (Lipinski definition) is 8. The number of aromatic nitrogens is 1. The van der Waals surface area contributed by atoms with Crippen LogP contribution in [0.15, 0.2) is 30.3 Å². The second-order valence-corrected chi connectivity index (χ2v) is 10.0. The summed E-state index contributed by atoms with van der Waals surface area (Å²) in [6, 6.07) is 10.9. The maximum atomic E-state index is 13.0. The van der Waals surface area contributed by atoms with Crippen LogP contribution in [0.5, 0.6) is 5.75 Å². The van der Waals surface area contributed by atoms with Crippen molar-refractivity contribution in [1.82, 2.24) is 15.6 Å². The molecule has 8 nitrogen and oxygen atoms in total. The summed E-state index contributed by atoms with van der Waals surface area (Å²) in [7, 11) is 0. The zero-order valence-electron chi connectivity index (χ0n) is 18.5. The number of amides is 1. The Hall–Kier alpha value is -2.88. The summed E-state index contributed by atoms with van der Waals surface area (Å²) in [6.07, 6.45) is 0.723. The summed E-state index contributed by atoms with van der Waals surface area (Å²) in [5.74, 6) is 0.729. The molecule has 2 unspecified atom stereocenters. The zero-order valence-corrected chi connectivity index (χ0v) is 19.3. The smallest absolute Gasteiger partial charge is 0.263 e. The Kier molecular flexibility index (Phi) is 5.12. The molecule has 33 heavy (non-hydrogen) atoms. The van der Waals surface area contributed by atoms with Crippen molar-refractivity contribution < 1.29 is 14.3 Å². The molecule has 2 aromatic heterocycles. The van der Waals surface area contributed by atoms with E-state index >= 15 is 0 Å². The molecule has 9 heteroatoms. The van der Waals surface area contributed by atoms with Crippen LogP contribution in [-0.2, 0) is 11.2 Å². The number of nitrogen functional groups attached to an aromatic ring is 1. The number of thiophene rings is 1. The van der Waals surface area contributed by atoms with Crippen LogP contribution in [0.3, 0.4) is 0 Å². The predicted octanol–water partition coefficient (Wildman–Crippen LogP) is 2.10. The van der Waals surface area contributed by atoms with Gasteiger partial charge in [0, 0.05) is 35.9 Å². The van der Waals surface area contributed by atoms with Crippen molar-refractivity contribution in [2.45, 2.75) is 31.5 Å². The van der Waals surface area contributed by atoms with Crippen LogP contribution in [-0.4, -0.2) is 61.9 Å².